The van der Waals surface area contributed by atoms with Gasteiger partial charge in [0.15, 0.2) is 0 Å². The number of hydrogen-bond acceptors (Lipinski definition) is 3. The molecule has 0 spiro atoms. The fraction of sp³-hybridized carbons (Fsp3) is 0.182. The number of hydrazine groups is 1. The minimum absolute atomic E-state index is 0.764. The molecule has 0 aliphatic carbocycles. The van der Waals surface area contributed by atoms with Crippen LogP contribution in [0, 0.1) is 0 Å². The van der Waals surface area contributed by atoms with E-state index in [1.165, 1.54) is 0 Å². The maximum atomic E-state index is 5.77. The number of unbranched alkanes of at least 4 members (excludes halogenated alkanes) is 1. The van der Waals surface area contributed by atoms with Crippen molar-refractivity contribution < 1.29 is 4.74 Å². The zero-order valence-corrected chi connectivity index (χ0v) is 14.6. The second kappa shape index (κ2) is 8.78. The average molecular weight is 332 g/mol. The first-order chi connectivity index (χ1) is 12.4. The third kappa shape index (κ3) is 4.77. The average Bonchev–Trinajstić information content (AvgIpc) is 2.68. The van der Waals surface area contributed by atoms with Crippen molar-refractivity contribution in [1.29, 1.82) is 0 Å². The Labute approximate surface area is 149 Å². The van der Waals surface area contributed by atoms with Crippen molar-refractivity contribution in [1.82, 2.24) is 0 Å². The molecule has 3 aromatic carbocycles. The Balaban J connectivity index is 1.81. The summed E-state index contributed by atoms with van der Waals surface area (Å²) in [6.07, 6.45) is 2.22. The second-order valence-corrected chi connectivity index (χ2v) is 5.84. The van der Waals surface area contributed by atoms with Gasteiger partial charge in [0, 0.05) is 0 Å². The van der Waals surface area contributed by atoms with Gasteiger partial charge in [-0.15, -0.1) is 0 Å². The van der Waals surface area contributed by atoms with E-state index in [9.17, 15) is 0 Å². The number of hydrogen-bond donors (Lipinski definition) is 1. The third-order valence-electron chi connectivity index (χ3n) is 3.89. The minimum atomic E-state index is 0.764. The lowest BCUT2D eigenvalue weighted by atomic mass is 10.2. The molecule has 0 aromatic heterocycles. The van der Waals surface area contributed by atoms with E-state index in [4.69, 9.17) is 4.74 Å². The molecule has 3 rings (SSSR count). The number of rotatable bonds is 8. The van der Waals surface area contributed by atoms with E-state index < -0.39 is 0 Å². The van der Waals surface area contributed by atoms with Crippen LogP contribution in [0.4, 0.5) is 17.1 Å². The first kappa shape index (κ1) is 16.9. The highest BCUT2D eigenvalue weighted by molar-refractivity contribution is 5.68. The summed E-state index contributed by atoms with van der Waals surface area (Å²) >= 11 is 0. The summed E-state index contributed by atoms with van der Waals surface area (Å²) in [5.74, 6) is 0.907. The first-order valence-corrected chi connectivity index (χ1v) is 8.76. The predicted octanol–water partition coefficient (Wildman–Crippen LogP) is 6.03. The topological polar surface area (TPSA) is 24.5 Å². The molecule has 1 N–H and O–H groups in total. The van der Waals surface area contributed by atoms with Crippen molar-refractivity contribution in [3.8, 4) is 5.75 Å². The van der Waals surface area contributed by atoms with Crippen molar-refractivity contribution in [3.63, 3.8) is 0 Å². The lowest BCUT2D eigenvalue weighted by Crippen LogP contribution is -2.24. The molecule has 0 unspecified atom stereocenters. The minimum Gasteiger partial charge on any atom is -0.494 e. The van der Waals surface area contributed by atoms with E-state index in [1.807, 2.05) is 48.5 Å². The Hall–Kier alpha value is -2.94. The van der Waals surface area contributed by atoms with Crippen LogP contribution in [-0.2, 0) is 0 Å². The summed E-state index contributed by atoms with van der Waals surface area (Å²) in [4.78, 5) is 0. The fourth-order valence-corrected chi connectivity index (χ4v) is 2.52. The Kier molecular flexibility index (Phi) is 5.94. The largest absolute Gasteiger partial charge is 0.494 e. The molecule has 0 saturated heterocycles. The van der Waals surface area contributed by atoms with E-state index in [2.05, 4.69) is 53.8 Å². The molecule has 3 aromatic rings. The molecule has 0 atom stereocenters. The van der Waals surface area contributed by atoms with Gasteiger partial charge < -0.3 is 4.74 Å². The van der Waals surface area contributed by atoms with Crippen LogP contribution in [0.2, 0.25) is 0 Å². The smallest absolute Gasteiger partial charge is 0.119 e. The van der Waals surface area contributed by atoms with Crippen LogP contribution >= 0.6 is 0 Å². The molecule has 0 amide bonds. The summed E-state index contributed by atoms with van der Waals surface area (Å²) in [5.41, 5.74) is 6.64. The van der Waals surface area contributed by atoms with Gasteiger partial charge in [-0.05, 0) is 55.0 Å². The summed E-state index contributed by atoms with van der Waals surface area (Å²) in [6, 6.07) is 28.6. The lowest BCUT2D eigenvalue weighted by molar-refractivity contribution is 0.309. The van der Waals surface area contributed by atoms with Crippen LogP contribution in [0.25, 0.3) is 0 Å². The van der Waals surface area contributed by atoms with Gasteiger partial charge in [0.1, 0.15) is 5.75 Å². The normalized spacial score (nSPS) is 10.3. The zero-order valence-electron chi connectivity index (χ0n) is 14.6. The molecule has 0 saturated carbocycles. The van der Waals surface area contributed by atoms with Crippen molar-refractivity contribution in [3.05, 3.63) is 84.9 Å². The third-order valence-corrected chi connectivity index (χ3v) is 3.89. The molecular formula is C22H24N2O. The Morgan fingerprint density at radius 2 is 1.36 bits per heavy atom. The Morgan fingerprint density at radius 1 is 0.760 bits per heavy atom. The number of benzene rings is 3. The van der Waals surface area contributed by atoms with E-state index >= 15 is 0 Å². The molecule has 0 aliphatic heterocycles. The lowest BCUT2D eigenvalue weighted by Gasteiger charge is -2.26. The van der Waals surface area contributed by atoms with Gasteiger partial charge in [-0.3, -0.25) is 10.4 Å². The van der Waals surface area contributed by atoms with E-state index in [-0.39, 0.29) is 0 Å². The first-order valence-electron chi connectivity index (χ1n) is 8.76. The predicted molar refractivity (Wildman–Crippen MR) is 105 cm³/mol. The summed E-state index contributed by atoms with van der Waals surface area (Å²) in [7, 11) is 0. The molecule has 3 nitrogen and oxygen atoms in total. The van der Waals surface area contributed by atoms with E-state index in [0.717, 1.165) is 42.3 Å². The molecule has 25 heavy (non-hydrogen) atoms. The number of anilines is 3. The Bertz CT molecular complexity index is 742. The van der Waals surface area contributed by atoms with Crippen LogP contribution in [0.15, 0.2) is 84.9 Å². The van der Waals surface area contributed by atoms with Crippen LogP contribution in [0.3, 0.4) is 0 Å². The van der Waals surface area contributed by atoms with Crippen molar-refractivity contribution in [2.75, 3.05) is 17.0 Å². The molecule has 128 valence electrons. The van der Waals surface area contributed by atoms with Gasteiger partial charge in [-0.2, -0.15) is 0 Å². The Morgan fingerprint density at radius 3 is 2.00 bits per heavy atom. The number of nitrogens with one attached hydrogen (secondary N) is 1. The van der Waals surface area contributed by atoms with Gasteiger partial charge in [0.05, 0.1) is 23.7 Å². The van der Waals surface area contributed by atoms with Gasteiger partial charge in [-0.1, -0.05) is 49.7 Å². The highest BCUT2D eigenvalue weighted by Gasteiger charge is 2.09. The number of ether oxygens (including phenoxy) is 1. The van der Waals surface area contributed by atoms with E-state index in [1.54, 1.807) is 0 Å². The SMILES string of the molecule is CCCCOc1ccc(N(Nc2ccccc2)c2ccccc2)cc1. The summed E-state index contributed by atoms with van der Waals surface area (Å²) in [6.45, 7) is 2.93. The molecule has 0 bridgehead atoms. The standard InChI is InChI=1S/C22H24N2O/c1-2-3-18-25-22-16-14-21(15-17-22)24(20-12-8-5-9-13-20)23-19-10-6-4-7-11-19/h4-17,23H,2-3,18H2,1H3. The quantitative estimate of drug-likeness (QED) is 0.402. The van der Waals surface area contributed by atoms with Crippen molar-refractivity contribution in [2.45, 2.75) is 19.8 Å². The highest BCUT2D eigenvalue weighted by atomic mass is 16.5. The van der Waals surface area contributed by atoms with Crippen LogP contribution in [-0.4, -0.2) is 6.61 Å². The van der Waals surface area contributed by atoms with Crippen molar-refractivity contribution >= 4 is 17.1 Å². The molecule has 0 heterocycles. The maximum Gasteiger partial charge on any atom is 0.119 e. The molecular weight excluding hydrogens is 308 g/mol. The van der Waals surface area contributed by atoms with Crippen molar-refractivity contribution in [2.24, 2.45) is 0 Å². The van der Waals surface area contributed by atoms with Gasteiger partial charge in [0.2, 0.25) is 0 Å². The fourth-order valence-electron chi connectivity index (χ4n) is 2.52. The molecule has 0 radical (unpaired) electrons. The van der Waals surface area contributed by atoms with Crippen LogP contribution in [0.5, 0.6) is 5.75 Å². The molecule has 0 aliphatic rings. The zero-order chi connectivity index (χ0) is 17.3. The van der Waals surface area contributed by atoms with Gasteiger partial charge >= 0.3 is 0 Å². The number of para-hydroxylation sites is 2. The van der Waals surface area contributed by atoms with Gasteiger partial charge in [0.25, 0.3) is 0 Å². The maximum absolute atomic E-state index is 5.77. The number of nitrogens with zero attached hydrogens (tertiary/aromatic N) is 1. The molecule has 3 heteroatoms. The summed E-state index contributed by atoms with van der Waals surface area (Å²) in [5, 5.41) is 2.07. The van der Waals surface area contributed by atoms with Crippen LogP contribution in [0.1, 0.15) is 19.8 Å². The van der Waals surface area contributed by atoms with E-state index in [0.29, 0.717) is 0 Å². The monoisotopic (exact) mass is 332 g/mol. The highest BCUT2D eigenvalue weighted by Crippen LogP contribution is 2.27. The van der Waals surface area contributed by atoms with Gasteiger partial charge in [-0.25, -0.2) is 0 Å². The summed E-state index contributed by atoms with van der Waals surface area (Å²) < 4.78 is 5.77. The molecule has 0 fully saturated rings. The van der Waals surface area contributed by atoms with Crippen LogP contribution < -0.4 is 15.2 Å². The second-order valence-electron chi connectivity index (χ2n) is 5.84.